The van der Waals surface area contributed by atoms with Gasteiger partial charge in [0.2, 0.25) is 23.6 Å². The van der Waals surface area contributed by atoms with E-state index in [1.54, 1.807) is 6.92 Å². The zero-order chi connectivity index (χ0) is 26.0. The van der Waals surface area contributed by atoms with Crippen molar-refractivity contribution < 1.29 is 38.2 Å². The Labute approximate surface area is 202 Å². The molecule has 1 aliphatic rings. The molecular formula is C23H30N4O8. The van der Waals surface area contributed by atoms with Crippen LogP contribution in [0.4, 0.5) is 0 Å². The summed E-state index contributed by atoms with van der Waals surface area (Å²) in [4.78, 5) is 74.0. The number of esters is 2. The Morgan fingerprint density at radius 3 is 2.17 bits per heavy atom. The van der Waals surface area contributed by atoms with Gasteiger partial charge in [-0.1, -0.05) is 30.3 Å². The molecule has 0 aliphatic carbocycles. The summed E-state index contributed by atoms with van der Waals surface area (Å²) in [6.07, 6.45) is -0.799. The molecule has 2 rings (SSSR count). The van der Waals surface area contributed by atoms with E-state index < -0.39 is 72.5 Å². The van der Waals surface area contributed by atoms with Crippen LogP contribution in [0.25, 0.3) is 0 Å². The van der Waals surface area contributed by atoms with Gasteiger partial charge in [-0.3, -0.25) is 28.8 Å². The van der Waals surface area contributed by atoms with Crippen LogP contribution in [0.1, 0.15) is 32.3 Å². The quantitative estimate of drug-likeness (QED) is 0.261. The molecule has 35 heavy (non-hydrogen) atoms. The molecule has 1 fully saturated rings. The molecule has 0 unspecified atom stereocenters. The Hall–Kier alpha value is -3.96. The van der Waals surface area contributed by atoms with Gasteiger partial charge in [0.05, 0.1) is 32.0 Å². The van der Waals surface area contributed by atoms with Crippen LogP contribution in [0.5, 0.6) is 0 Å². The highest BCUT2D eigenvalue weighted by atomic mass is 16.5. The Kier molecular flexibility index (Phi) is 10.2. The normalized spacial score (nSPS) is 18.9. The predicted octanol–water partition coefficient (Wildman–Crippen LogP) is -1.29. The molecule has 0 spiro atoms. The minimum Gasteiger partial charge on any atom is -0.466 e. The molecule has 0 saturated carbocycles. The molecule has 12 nitrogen and oxygen atoms in total. The summed E-state index contributed by atoms with van der Waals surface area (Å²) < 4.78 is 9.73. The second-order valence-electron chi connectivity index (χ2n) is 7.83. The lowest BCUT2D eigenvalue weighted by Crippen LogP contribution is -2.63. The summed E-state index contributed by atoms with van der Waals surface area (Å²) in [6.45, 7) is 3.12. The third-order valence-electron chi connectivity index (χ3n) is 5.24. The molecule has 0 aromatic heterocycles. The van der Waals surface area contributed by atoms with Crippen LogP contribution in [0.15, 0.2) is 30.3 Å². The number of hydrogen-bond donors (Lipinski definition) is 4. The van der Waals surface area contributed by atoms with Gasteiger partial charge in [-0.05, 0) is 19.4 Å². The van der Waals surface area contributed by atoms with Crippen molar-refractivity contribution in [3.8, 4) is 0 Å². The topological polar surface area (TPSA) is 183 Å². The van der Waals surface area contributed by atoms with E-state index >= 15 is 0 Å². The first kappa shape index (κ1) is 27.3. The zero-order valence-electron chi connectivity index (χ0n) is 19.6. The fraction of sp³-hybridized carbons (Fsp3) is 0.478. The van der Waals surface area contributed by atoms with Crippen LogP contribution in [0.2, 0.25) is 0 Å². The van der Waals surface area contributed by atoms with Gasteiger partial charge in [0.15, 0.2) is 0 Å². The number of primary amides is 1. The molecule has 12 heteroatoms. The summed E-state index contributed by atoms with van der Waals surface area (Å²) in [7, 11) is 0. The van der Waals surface area contributed by atoms with E-state index in [0.29, 0.717) is 0 Å². The van der Waals surface area contributed by atoms with Crippen molar-refractivity contribution in [3.05, 3.63) is 35.9 Å². The number of hydrogen-bond acceptors (Lipinski definition) is 8. The van der Waals surface area contributed by atoms with E-state index in [9.17, 15) is 28.8 Å². The molecule has 1 heterocycles. The van der Waals surface area contributed by atoms with Crippen molar-refractivity contribution in [2.45, 2.75) is 51.2 Å². The maximum atomic E-state index is 12.6. The summed E-state index contributed by atoms with van der Waals surface area (Å²) >= 11 is 0. The molecule has 4 amide bonds. The predicted molar refractivity (Wildman–Crippen MR) is 121 cm³/mol. The summed E-state index contributed by atoms with van der Waals surface area (Å²) in [5.41, 5.74) is 6.23. The number of ether oxygens (including phenoxy) is 2. The van der Waals surface area contributed by atoms with Gasteiger partial charge in [-0.2, -0.15) is 0 Å². The first-order valence-corrected chi connectivity index (χ1v) is 11.2. The van der Waals surface area contributed by atoms with Gasteiger partial charge in [0.25, 0.3) is 0 Å². The minimum atomic E-state index is -1.60. The molecular weight excluding hydrogens is 460 g/mol. The number of benzene rings is 1. The van der Waals surface area contributed by atoms with Crippen LogP contribution < -0.4 is 21.7 Å². The van der Waals surface area contributed by atoms with Crippen molar-refractivity contribution in [2.75, 3.05) is 13.2 Å². The largest absolute Gasteiger partial charge is 0.466 e. The number of nitrogens with two attached hydrogens (primary N) is 1. The summed E-state index contributed by atoms with van der Waals surface area (Å²) in [6, 6.07) is 5.49. The van der Waals surface area contributed by atoms with Crippen molar-refractivity contribution in [1.82, 2.24) is 16.0 Å². The average Bonchev–Trinajstić information content (AvgIpc) is 2.80. The lowest BCUT2D eigenvalue weighted by atomic mass is 9.94. The van der Waals surface area contributed by atoms with Gasteiger partial charge in [0, 0.05) is 6.42 Å². The maximum absolute atomic E-state index is 12.6. The molecule has 1 aromatic rings. The van der Waals surface area contributed by atoms with E-state index in [1.165, 1.54) is 6.92 Å². The molecule has 1 saturated heterocycles. The first-order valence-electron chi connectivity index (χ1n) is 11.2. The van der Waals surface area contributed by atoms with Crippen LogP contribution in [-0.2, 0) is 44.7 Å². The minimum absolute atomic E-state index is 0.0317. The monoisotopic (exact) mass is 490 g/mol. The maximum Gasteiger partial charge on any atom is 0.312 e. The number of piperazine rings is 1. The summed E-state index contributed by atoms with van der Waals surface area (Å²) in [5, 5.41) is 7.37. The SMILES string of the molecule is CCOC(=O)C[C@H](C(=O)OCC)[C@@H](NC(=O)C[C@@H]1NC(=O)[C@H](Cc2ccccc2)NC1=O)C(N)=O. The van der Waals surface area contributed by atoms with Gasteiger partial charge in [-0.15, -0.1) is 0 Å². The molecule has 0 bridgehead atoms. The Balaban J connectivity index is 2.04. The zero-order valence-corrected chi connectivity index (χ0v) is 19.6. The number of rotatable bonds is 12. The molecule has 190 valence electrons. The lowest BCUT2D eigenvalue weighted by molar-refractivity contribution is -0.157. The molecule has 4 atom stereocenters. The average molecular weight is 491 g/mol. The Morgan fingerprint density at radius 2 is 1.57 bits per heavy atom. The Bertz CT molecular complexity index is 952. The Morgan fingerprint density at radius 1 is 0.971 bits per heavy atom. The number of nitrogens with one attached hydrogen (secondary N) is 3. The van der Waals surface area contributed by atoms with Gasteiger partial charge in [-0.25, -0.2) is 0 Å². The first-order chi connectivity index (χ1) is 16.7. The molecule has 1 aliphatic heterocycles. The smallest absolute Gasteiger partial charge is 0.312 e. The highest BCUT2D eigenvalue weighted by Crippen LogP contribution is 2.15. The van der Waals surface area contributed by atoms with E-state index in [2.05, 4.69) is 16.0 Å². The highest BCUT2D eigenvalue weighted by Gasteiger charge is 2.39. The fourth-order valence-electron chi connectivity index (χ4n) is 3.59. The lowest BCUT2D eigenvalue weighted by Gasteiger charge is -2.30. The third kappa shape index (κ3) is 8.09. The van der Waals surface area contributed by atoms with E-state index in [1.807, 2.05) is 30.3 Å². The van der Waals surface area contributed by atoms with Gasteiger partial charge >= 0.3 is 11.9 Å². The summed E-state index contributed by atoms with van der Waals surface area (Å²) in [5.74, 6) is -6.10. The van der Waals surface area contributed by atoms with Crippen LogP contribution in [-0.4, -0.2) is 66.9 Å². The molecule has 5 N–H and O–H groups in total. The van der Waals surface area contributed by atoms with Crippen LogP contribution in [0.3, 0.4) is 0 Å². The van der Waals surface area contributed by atoms with Crippen molar-refractivity contribution >= 4 is 35.6 Å². The van der Waals surface area contributed by atoms with Gasteiger partial charge in [0.1, 0.15) is 18.1 Å². The van der Waals surface area contributed by atoms with Crippen LogP contribution in [0, 0.1) is 5.92 Å². The van der Waals surface area contributed by atoms with Gasteiger partial charge < -0.3 is 31.2 Å². The number of carbonyl (C=O) groups excluding carboxylic acids is 6. The van der Waals surface area contributed by atoms with E-state index in [4.69, 9.17) is 15.2 Å². The fourth-order valence-corrected chi connectivity index (χ4v) is 3.59. The third-order valence-corrected chi connectivity index (χ3v) is 5.24. The molecule has 0 radical (unpaired) electrons. The van der Waals surface area contributed by atoms with E-state index in [-0.39, 0.29) is 19.6 Å². The van der Waals surface area contributed by atoms with E-state index in [0.717, 1.165) is 5.56 Å². The highest BCUT2D eigenvalue weighted by molar-refractivity contribution is 6.00. The standard InChI is InChI=1S/C23H30N4O8/c1-3-34-18(29)11-14(23(33)35-4-2)19(20(24)30)27-17(28)12-16-22(32)25-15(21(31)26-16)10-13-8-6-5-7-9-13/h5-9,14-16,19H,3-4,10-12H2,1-2H3,(H2,24,30)(H,25,32)(H,26,31)(H,27,28)/t14-,15-,16-,19+/m0/s1. The molecule has 1 aromatic carbocycles. The second-order valence-corrected chi connectivity index (χ2v) is 7.83. The van der Waals surface area contributed by atoms with Crippen molar-refractivity contribution in [1.29, 1.82) is 0 Å². The van der Waals surface area contributed by atoms with Crippen LogP contribution >= 0.6 is 0 Å². The van der Waals surface area contributed by atoms with Crippen molar-refractivity contribution in [2.24, 2.45) is 11.7 Å². The number of amides is 4. The van der Waals surface area contributed by atoms with Crippen molar-refractivity contribution in [3.63, 3.8) is 0 Å². The second kappa shape index (κ2) is 13.1. The number of carbonyl (C=O) groups is 6.